The molecule has 0 heterocycles. The standard InChI is InChI=1S/C40H36N2O4S4/c1-31-21-25-35(26-22-31)49(43,44)41(29-33-13-5-3-6-14-33)37-17-9-11-19-39(37)47-48-40-20-12-10-18-38(40)42(30-34-15-7-4-8-16-34)50(45,46)36-27-23-32(2)24-28-36/h3-28H,29-30H2,1-2H3. The highest BCUT2D eigenvalue weighted by Gasteiger charge is 2.29. The van der Waals surface area contributed by atoms with Gasteiger partial charge in [0.25, 0.3) is 20.0 Å². The van der Waals surface area contributed by atoms with Crippen molar-refractivity contribution in [2.24, 2.45) is 0 Å². The Hall–Kier alpha value is -4.48. The number of hydrogen-bond acceptors (Lipinski definition) is 6. The molecule has 0 N–H and O–H groups in total. The molecule has 10 heteroatoms. The summed E-state index contributed by atoms with van der Waals surface area (Å²) in [7, 11) is -5.15. The van der Waals surface area contributed by atoms with Gasteiger partial charge in [0.2, 0.25) is 0 Å². The highest BCUT2D eigenvalue weighted by molar-refractivity contribution is 8.76. The lowest BCUT2D eigenvalue weighted by atomic mass is 10.2. The minimum atomic E-state index is -3.96. The van der Waals surface area contributed by atoms with Crippen LogP contribution in [-0.2, 0) is 33.1 Å². The molecule has 0 saturated heterocycles. The van der Waals surface area contributed by atoms with Crippen molar-refractivity contribution in [2.45, 2.75) is 46.5 Å². The average Bonchev–Trinajstić information content (AvgIpc) is 3.13. The van der Waals surface area contributed by atoms with Crippen LogP contribution in [0.25, 0.3) is 0 Å². The van der Waals surface area contributed by atoms with Gasteiger partial charge in [-0.1, -0.05) is 142 Å². The molecule has 0 spiro atoms. The normalized spacial score (nSPS) is 11.6. The van der Waals surface area contributed by atoms with Crippen LogP contribution in [0.5, 0.6) is 0 Å². The van der Waals surface area contributed by atoms with Crippen molar-refractivity contribution in [3.63, 3.8) is 0 Å². The Morgan fingerprint density at radius 3 is 1.10 bits per heavy atom. The van der Waals surface area contributed by atoms with Gasteiger partial charge >= 0.3 is 0 Å². The fraction of sp³-hybridized carbons (Fsp3) is 0.100. The van der Waals surface area contributed by atoms with Crippen molar-refractivity contribution in [2.75, 3.05) is 8.61 Å². The van der Waals surface area contributed by atoms with Crippen molar-refractivity contribution in [1.29, 1.82) is 0 Å². The predicted octanol–water partition coefficient (Wildman–Crippen LogP) is 9.89. The molecule has 0 bridgehead atoms. The second-order valence-corrected chi connectivity index (χ2v) is 17.7. The molecule has 0 aromatic heterocycles. The largest absolute Gasteiger partial charge is 0.264 e. The van der Waals surface area contributed by atoms with E-state index in [0.717, 1.165) is 32.0 Å². The van der Waals surface area contributed by atoms with Crippen molar-refractivity contribution in [3.05, 3.63) is 180 Å². The molecule has 6 aromatic carbocycles. The summed E-state index contributed by atoms with van der Waals surface area (Å²) >= 11 is 0. The van der Waals surface area contributed by atoms with E-state index in [4.69, 9.17) is 0 Å². The molecule has 6 rings (SSSR count). The first-order chi connectivity index (χ1) is 24.1. The highest BCUT2D eigenvalue weighted by Crippen LogP contribution is 2.47. The lowest BCUT2D eigenvalue weighted by Gasteiger charge is -2.28. The SMILES string of the molecule is Cc1ccc(S(=O)(=O)N(Cc2ccccc2)c2ccccc2SSc2ccccc2N(Cc2ccccc2)S(=O)(=O)c2ccc(C)cc2)cc1. The average molecular weight is 737 g/mol. The third kappa shape index (κ3) is 8.11. The molecule has 0 fully saturated rings. The molecule has 0 radical (unpaired) electrons. The lowest BCUT2D eigenvalue weighted by molar-refractivity contribution is 0.588. The summed E-state index contributed by atoms with van der Waals surface area (Å²) in [5.41, 5.74) is 4.68. The smallest absolute Gasteiger partial charge is 0.261 e. The molecule has 0 amide bonds. The second-order valence-electron chi connectivity index (χ2n) is 11.7. The Balaban J connectivity index is 1.38. The lowest BCUT2D eigenvalue weighted by Crippen LogP contribution is -2.31. The van der Waals surface area contributed by atoms with Crippen LogP contribution < -0.4 is 8.61 Å². The van der Waals surface area contributed by atoms with Crippen LogP contribution in [0.15, 0.2) is 177 Å². The number of aryl methyl sites for hydroxylation is 2. The van der Waals surface area contributed by atoms with E-state index in [1.165, 1.54) is 30.2 Å². The quantitative estimate of drug-likeness (QED) is 0.110. The third-order valence-electron chi connectivity index (χ3n) is 8.05. The first kappa shape index (κ1) is 35.3. The fourth-order valence-corrected chi connectivity index (χ4v) is 10.7. The third-order valence-corrected chi connectivity index (χ3v) is 14.1. The van der Waals surface area contributed by atoms with Crippen molar-refractivity contribution >= 4 is 53.0 Å². The van der Waals surface area contributed by atoms with Gasteiger partial charge in [0, 0.05) is 9.79 Å². The van der Waals surface area contributed by atoms with Crippen LogP contribution in [0.3, 0.4) is 0 Å². The Labute approximate surface area is 303 Å². The van der Waals surface area contributed by atoms with Crippen LogP contribution in [0.1, 0.15) is 22.3 Å². The van der Waals surface area contributed by atoms with Gasteiger partial charge in [-0.05, 0) is 73.5 Å². The molecule has 0 atom stereocenters. The summed E-state index contributed by atoms with van der Waals surface area (Å²) in [6.07, 6.45) is 0. The maximum absolute atomic E-state index is 14.3. The molecule has 6 nitrogen and oxygen atoms in total. The number of anilines is 2. The molecule has 50 heavy (non-hydrogen) atoms. The molecule has 0 aliphatic heterocycles. The molecule has 0 unspecified atom stereocenters. The van der Waals surface area contributed by atoms with E-state index in [1.54, 1.807) is 48.5 Å². The van der Waals surface area contributed by atoms with Crippen LogP contribution in [0, 0.1) is 13.8 Å². The van der Waals surface area contributed by atoms with Crippen molar-refractivity contribution in [3.8, 4) is 0 Å². The monoisotopic (exact) mass is 736 g/mol. The zero-order valence-corrected chi connectivity index (χ0v) is 30.9. The van der Waals surface area contributed by atoms with Crippen molar-refractivity contribution < 1.29 is 16.8 Å². The van der Waals surface area contributed by atoms with E-state index in [-0.39, 0.29) is 22.9 Å². The summed E-state index contributed by atoms with van der Waals surface area (Å²) < 4.78 is 60.1. The molecule has 254 valence electrons. The number of hydrogen-bond donors (Lipinski definition) is 0. The number of benzene rings is 6. The van der Waals surface area contributed by atoms with E-state index in [9.17, 15) is 16.8 Å². The molecular formula is C40H36N2O4S4. The Morgan fingerprint density at radius 2 is 0.740 bits per heavy atom. The zero-order chi connectivity index (χ0) is 35.1. The number of rotatable bonds is 13. The van der Waals surface area contributed by atoms with E-state index >= 15 is 0 Å². The van der Waals surface area contributed by atoms with Gasteiger partial charge in [0.15, 0.2) is 0 Å². The van der Waals surface area contributed by atoms with Gasteiger partial charge in [-0.3, -0.25) is 8.61 Å². The van der Waals surface area contributed by atoms with Gasteiger partial charge in [0.05, 0.1) is 34.3 Å². The molecular weight excluding hydrogens is 701 g/mol. The number of sulfonamides is 2. The van der Waals surface area contributed by atoms with Gasteiger partial charge in [0.1, 0.15) is 0 Å². The maximum Gasteiger partial charge on any atom is 0.264 e. The van der Waals surface area contributed by atoms with Crippen LogP contribution >= 0.6 is 21.6 Å². The van der Waals surface area contributed by atoms with E-state index in [0.29, 0.717) is 11.4 Å². The number of para-hydroxylation sites is 2. The Bertz CT molecular complexity index is 2100. The summed E-state index contributed by atoms with van der Waals surface area (Å²) in [6, 6.07) is 47.6. The molecule has 6 aromatic rings. The Morgan fingerprint density at radius 1 is 0.420 bits per heavy atom. The van der Waals surface area contributed by atoms with E-state index < -0.39 is 20.0 Å². The first-order valence-electron chi connectivity index (χ1n) is 15.9. The summed E-state index contributed by atoms with van der Waals surface area (Å²) in [4.78, 5) is 1.84. The molecule has 0 aliphatic carbocycles. The first-order valence-corrected chi connectivity index (χ1v) is 21.0. The molecule has 0 aliphatic rings. The van der Waals surface area contributed by atoms with Gasteiger partial charge in [-0.2, -0.15) is 0 Å². The van der Waals surface area contributed by atoms with Gasteiger partial charge in [-0.25, -0.2) is 16.8 Å². The van der Waals surface area contributed by atoms with Crippen LogP contribution in [0.4, 0.5) is 11.4 Å². The van der Waals surface area contributed by atoms with Crippen LogP contribution in [-0.4, -0.2) is 16.8 Å². The molecule has 0 saturated carbocycles. The number of nitrogens with zero attached hydrogens (tertiary/aromatic N) is 2. The predicted molar refractivity (Wildman–Crippen MR) is 207 cm³/mol. The van der Waals surface area contributed by atoms with Crippen molar-refractivity contribution in [1.82, 2.24) is 0 Å². The van der Waals surface area contributed by atoms with Gasteiger partial charge < -0.3 is 0 Å². The minimum Gasteiger partial charge on any atom is -0.261 e. The minimum absolute atomic E-state index is 0.134. The topological polar surface area (TPSA) is 74.8 Å². The van der Waals surface area contributed by atoms with E-state index in [2.05, 4.69) is 0 Å². The Kier molecular flexibility index (Phi) is 11.0. The van der Waals surface area contributed by atoms with Crippen LogP contribution in [0.2, 0.25) is 0 Å². The maximum atomic E-state index is 14.3. The summed E-state index contributed by atoms with van der Waals surface area (Å²) in [6.45, 7) is 4.11. The van der Waals surface area contributed by atoms with E-state index in [1.807, 2.05) is 123 Å². The summed E-state index contributed by atoms with van der Waals surface area (Å²) in [5, 5.41) is 0. The highest BCUT2D eigenvalue weighted by atomic mass is 33.1. The van der Waals surface area contributed by atoms with Gasteiger partial charge in [-0.15, -0.1) is 0 Å². The fourth-order valence-electron chi connectivity index (χ4n) is 5.33. The second kappa shape index (κ2) is 15.6. The summed E-state index contributed by atoms with van der Waals surface area (Å²) in [5.74, 6) is 0. The zero-order valence-electron chi connectivity index (χ0n) is 27.6.